The Morgan fingerprint density at radius 2 is 1.59 bits per heavy atom. The number of nitrogens with one attached hydrogen (secondary N) is 2. The van der Waals surface area contributed by atoms with Crippen LogP contribution in [0.5, 0.6) is 0 Å². The Balaban J connectivity index is 1.71. The van der Waals surface area contributed by atoms with E-state index in [0.717, 1.165) is 11.8 Å². The van der Waals surface area contributed by atoms with Crippen LogP contribution in [0.3, 0.4) is 0 Å². The Bertz CT molecular complexity index is 1140. The van der Waals surface area contributed by atoms with Crippen molar-refractivity contribution in [2.24, 2.45) is 0 Å². The normalized spacial score (nSPS) is 11.8. The quantitative estimate of drug-likeness (QED) is 0.310. The molecule has 0 aliphatic heterocycles. The highest BCUT2D eigenvalue weighted by Crippen LogP contribution is 2.17. The summed E-state index contributed by atoms with van der Waals surface area (Å²) in [6.45, 7) is 2.08. The number of hydrogen-bond donors (Lipinski definition) is 4. The third-order valence-electron chi connectivity index (χ3n) is 5.15. The average molecular weight is 513 g/mol. The Hall–Kier alpha value is -2.96. The van der Waals surface area contributed by atoms with Gasteiger partial charge in [-0.3, -0.25) is 9.59 Å². The van der Waals surface area contributed by atoms with Gasteiger partial charge >= 0.3 is 0 Å². The number of anilines is 2. The fourth-order valence-corrected chi connectivity index (χ4v) is 3.78. The number of nitrogens with two attached hydrogens (primary N) is 2. The molecule has 0 saturated carbocycles. The lowest BCUT2D eigenvalue weighted by atomic mass is 10.1. The molecule has 186 valence electrons. The van der Waals surface area contributed by atoms with Gasteiger partial charge in [-0.2, -0.15) is 0 Å². The molecule has 1 aromatic heterocycles. The molecule has 6 N–H and O–H groups in total. The molecule has 2 aromatic rings. The van der Waals surface area contributed by atoms with Crippen LogP contribution in [0.2, 0.25) is 5.15 Å². The molecule has 0 fully saturated rings. The summed E-state index contributed by atoms with van der Waals surface area (Å²) in [6.07, 6.45) is 1.97. The number of quaternary nitrogens is 1. The maximum Gasteiger partial charge on any atom is 0.273 e. The summed E-state index contributed by atoms with van der Waals surface area (Å²) in [5.41, 5.74) is 12.0. The Morgan fingerprint density at radius 1 is 1.00 bits per heavy atom. The predicted octanol–water partition coefficient (Wildman–Crippen LogP) is 0.253. The molecule has 0 radical (unpaired) electrons. The number of halogens is 1. The van der Waals surface area contributed by atoms with Crippen molar-refractivity contribution < 1.29 is 22.5 Å². The zero-order valence-electron chi connectivity index (χ0n) is 19.5. The molecule has 11 nitrogen and oxygen atoms in total. The number of rotatable bonds is 11. The first kappa shape index (κ1) is 27.3. The molecule has 13 heteroatoms. The van der Waals surface area contributed by atoms with Gasteiger partial charge in [0.2, 0.25) is 5.91 Å². The minimum absolute atomic E-state index is 0.0413. The fourth-order valence-electron chi connectivity index (χ4n) is 3.02. The number of hydrogen-bond acceptors (Lipinski definition) is 8. The first-order valence-electron chi connectivity index (χ1n) is 10.5. The Morgan fingerprint density at radius 3 is 2.18 bits per heavy atom. The Kier molecular flexibility index (Phi) is 9.19. The molecule has 0 spiro atoms. The van der Waals surface area contributed by atoms with Crippen molar-refractivity contribution in [1.82, 2.24) is 20.6 Å². The van der Waals surface area contributed by atoms with Gasteiger partial charge in [0, 0.05) is 12.7 Å². The lowest BCUT2D eigenvalue weighted by Crippen LogP contribution is -2.49. The maximum absolute atomic E-state index is 12.3. The molecular formula is C21H31ClN7O4S+. The molecule has 1 aromatic carbocycles. The van der Waals surface area contributed by atoms with Crippen molar-refractivity contribution in [3.05, 3.63) is 40.7 Å². The van der Waals surface area contributed by atoms with E-state index in [1.54, 1.807) is 24.3 Å². The second-order valence-electron chi connectivity index (χ2n) is 8.54. The van der Waals surface area contributed by atoms with E-state index in [4.69, 9.17) is 23.1 Å². The van der Waals surface area contributed by atoms with Crippen LogP contribution in [0, 0.1) is 0 Å². The van der Waals surface area contributed by atoms with Crippen LogP contribution in [0.4, 0.5) is 11.6 Å². The van der Waals surface area contributed by atoms with Crippen molar-refractivity contribution in [3.8, 4) is 0 Å². The number of aryl methyl sites for hydroxylation is 1. The molecule has 1 heterocycles. The van der Waals surface area contributed by atoms with E-state index in [2.05, 4.69) is 20.6 Å². The van der Waals surface area contributed by atoms with Gasteiger partial charge in [0.25, 0.3) is 5.91 Å². The fraction of sp³-hybridized carbons (Fsp3) is 0.429. The standard InChI is InChI=1S/C21H30ClN7O4S/c1-29(2,13-11-26-21(31)17-19(23)28-20(24)18(22)27-17)12-10-25-16(30)9-6-14-4-7-15(8-5-14)34(3,32)33/h4-5,7-8H,6,9-13H2,1-3H3,(H5-,23,24,25,26,28,30,31)/p+1. The number of benzene rings is 1. The highest BCUT2D eigenvalue weighted by atomic mass is 35.5. The van der Waals surface area contributed by atoms with E-state index >= 15 is 0 Å². The van der Waals surface area contributed by atoms with E-state index < -0.39 is 15.7 Å². The van der Waals surface area contributed by atoms with E-state index in [0.29, 0.717) is 43.5 Å². The number of carbonyl (C=O) groups is 2. The number of aromatic nitrogens is 2. The van der Waals surface area contributed by atoms with E-state index in [-0.39, 0.29) is 33.3 Å². The summed E-state index contributed by atoms with van der Waals surface area (Å²) in [4.78, 5) is 32.4. The van der Waals surface area contributed by atoms with Gasteiger partial charge < -0.3 is 26.6 Å². The zero-order valence-corrected chi connectivity index (χ0v) is 21.0. The lowest BCUT2D eigenvalue weighted by Gasteiger charge is -2.30. The molecule has 0 unspecified atom stereocenters. The molecule has 0 bridgehead atoms. The molecule has 34 heavy (non-hydrogen) atoms. The number of carbonyl (C=O) groups excluding carboxylic acids is 2. The number of nitrogens with zero attached hydrogens (tertiary/aromatic N) is 3. The third-order valence-corrected chi connectivity index (χ3v) is 6.56. The predicted molar refractivity (Wildman–Crippen MR) is 131 cm³/mol. The monoisotopic (exact) mass is 512 g/mol. The Labute approximate surface area is 204 Å². The molecule has 0 atom stereocenters. The molecule has 2 rings (SSSR count). The lowest BCUT2D eigenvalue weighted by molar-refractivity contribution is -0.887. The van der Waals surface area contributed by atoms with Gasteiger partial charge in [-0.1, -0.05) is 23.7 Å². The van der Waals surface area contributed by atoms with Crippen molar-refractivity contribution in [3.63, 3.8) is 0 Å². The molecular weight excluding hydrogens is 482 g/mol. The van der Waals surface area contributed by atoms with Crippen molar-refractivity contribution >= 4 is 44.9 Å². The third kappa shape index (κ3) is 8.43. The number of amides is 2. The average Bonchev–Trinajstić information content (AvgIpc) is 2.74. The minimum atomic E-state index is -3.23. The summed E-state index contributed by atoms with van der Waals surface area (Å²) in [7, 11) is 0.731. The zero-order chi connectivity index (χ0) is 25.5. The second-order valence-corrected chi connectivity index (χ2v) is 10.9. The number of nitrogen functional groups attached to an aromatic ring is 2. The van der Waals surface area contributed by atoms with Gasteiger partial charge in [0.15, 0.2) is 32.3 Å². The maximum atomic E-state index is 12.3. The van der Waals surface area contributed by atoms with Gasteiger partial charge in [-0.15, -0.1) is 0 Å². The highest BCUT2D eigenvalue weighted by Gasteiger charge is 2.19. The first-order chi connectivity index (χ1) is 15.8. The summed E-state index contributed by atoms with van der Waals surface area (Å²) < 4.78 is 23.6. The van der Waals surface area contributed by atoms with Crippen LogP contribution in [-0.4, -0.2) is 81.2 Å². The minimum Gasteiger partial charge on any atom is -0.382 e. The largest absolute Gasteiger partial charge is 0.382 e. The smallest absolute Gasteiger partial charge is 0.273 e. The van der Waals surface area contributed by atoms with Gasteiger partial charge in [-0.25, -0.2) is 18.4 Å². The van der Waals surface area contributed by atoms with Gasteiger partial charge in [0.05, 0.1) is 45.2 Å². The van der Waals surface area contributed by atoms with Gasteiger partial charge in [-0.05, 0) is 24.1 Å². The molecule has 2 amide bonds. The van der Waals surface area contributed by atoms with Crippen molar-refractivity contribution in [2.75, 3.05) is 58.0 Å². The van der Waals surface area contributed by atoms with Crippen LogP contribution in [0.25, 0.3) is 0 Å². The number of likely N-dealkylation sites (N-methyl/N-ethyl adjacent to an activating group) is 1. The SMILES string of the molecule is C[N+](C)(CCNC(=O)CCc1ccc(S(C)(=O)=O)cc1)CCNC(=O)c1nc(Cl)c(N)nc1N. The van der Waals surface area contributed by atoms with Crippen LogP contribution < -0.4 is 22.1 Å². The van der Waals surface area contributed by atoms with Crippen molar-refractivity contribution in [1.29, 1.82) is 0 Å². The second kappa shape index (κ2) is 11.4. The van der Waals surface area contributed by atoms with Crippen LogP contribution in [-0.2, 0) is 21.1 Å². The van der Waals surface area contributed by atoms with Crippen molar-refractivity contribution in [2.45, 2.75) is 17.7 Å². The summed E-state index contributed by atoms with van der Waals surface area (Å²) in [5.74, 6) is -0.720. The van der Waals surface area contributed by atoms with E-state index in [9.17, 15) is 18.0 Å². The summed E-state index contributed by atoms with van der Waals surface area (Å²) >= 11 is 5.81. The number of sulfone groups is 1. The summed E-state index contributed by atoms with van der Waals surface area (Å²) in [6, 6.07) is 6.53. The highest BCUT2D eigenvalue weighted by molar-refractivity contribution is 7.90. The van der Waals surface area contributed by atoms with Gasteiger partial charge in [0.1, 0.15) is 0 Å². The van der Waals surface area contributed by atoms with E-state index in [1.807, 2.05) is 14.1 Å². The molecule has 0 aliphatic rings. The molecule has 0 aliphatic carbocycles. The summed E-state index contributed by atoms with van der Waals surface area (Å²) in [5, 5.41) is 5.54. The van der Waals surface area contributed by atoms with Crippen LogP contribution in [0.15, 0.2) is 29.2 Å². The van der Waals surface area contributed by atoms with Crippen LogP contribution >= 0.6 is 11.6 Å². The van der Waals surface area contributed by atoms with E-state index in [1.165, 1.54) is 0 Å². The molecule has 0 saturated heterocycles. The first-order valence-corrected chi connectivity index (χ1v) is 12.8. The topological polar surface area (TPSA) is 170 Å². The van der Waals surface area contributed by atoms with Crippen LogP contribution in [0.1, 0.15) is 22.5 Å².